The highest BCUT2D eigenvalue weighted by Gasteiger charge is 2.20. The van der Waals surface area contributed by atoms with Crippen LogP contribution in [0.25, 0.3) is 4.98 Å². The van der Waals surface area contributed by atoms with Crippen LogP contribution in [0, 0.1) is 12.3 Å². The van der Waals surface area contributed by atoms with E-state index < -0.39 is 0 Å². The topological polar surface area (TPSA) is 46.6 Å². The fourth-order valence-electron chi connectivity index (χ4n) is 1.74. The van der Waals surface area contributed by atoms with Gasteiger partial charge >= 0.3 is 5.69 Å². The van der Waals surface area contributed by atoms with Gasteiger partial charge in [0.25, 0.3) is 0 Å². The quantitative estimate of drug-likeness (QED) is 0.803. The van der Waals surface area contributed by atoms with Crippen LogP contribution >= 0.6 is 11.8 Å². The van der Waals surface area contributed by atoms with Crippen molar-refractivity contribution in [1.29, 1.82) is 5.39 Å². The van der Waals surface area contributed by atoms with E-state index in [1.54, 1.807) is 31.0 Å². The minimum atomic E-state index is 0. The van der Waals surface area contributed by atoms with Gasteiger partial charge in [-0.1, -0.05) is 29.5 Å². The monoisotopic (exact) mass is 322 g/mol. The molecule has 0 aliphatic heterocycles. The fraction of sp³-hybridized carbons (Fsp3) is 0.200. The molecule has 0 aromatic heterocycles. The second-order valence-corrected chi connectivity index (χ2v) is 5.31. The number of methoxy groups -OCH3 is 2. The molecule has 0 aliphatic rings. The Bertz CT molecular complexity index is 654. The predicted octanol–water partition coefficient (Wildman–Crippen LogP) is 1.65. The number of nitrogens with zero attached hydrogens (tertiary/aromatic N) is 2. The van der Waals surface area contributed by atoms with E-state index in [-0.39, 0.29) is 12.4 Å². The number of halogens is 1. The molecular formula is C15H15ClN2O2S. The lowest BCUT2D eigenvalue weighted by Crippen LogP contribution is -3.00. The van der Waals surface area contributed by atoms with Gasteiger partial charge in [0.05, 0.1) is 25.2 Å². The Labute approximate surface area is 134 Å². The van der Waals surface area contributed by atoms with Gasteiger partial charge in [-0.05, 0) is 19.1 Å². The lowest BCUT2D eigenvalue weighted by Gasteiger charge is -2.08. The Kier molecular flexibility index (Phi) is 6.35. The van der Waals surface area contributed by atoms with E-state index in [2.05, 4.69) is 36.2 Å². The van der Waals surface area contributed by atoms with Gasteiger partial charge in [0.2, 0.25) is 11.1 Å². The molecular weight excluding hydrogens is 308 g/mol. The minimum Gasteiger partial charge on any atom is -1.00 e. The maximum absolute atomic E-state index is 8.96. The predicted molar refractivity (Wildman–Crippen MR) is 79.6 cm³/mol. The highest BCUT2D eigenvalue weighted by Crippen LogP contribution is 2.42. The zero-order valence-electron chi connectivity index (χ0n) is 12.0. The first-order chi connectivity index (χ1) is 9.67. The van der Waals surface area contributed by atoms with Crippen molar-refractivity contribution in [2.75, 3.05) is 14.2 Å². The molecule has 110 valence electrons. The summed E-state index contributed by atoms with van der Waals surface area (Å²) in [5, 5.41) is 8.96. The third-order valence-corrected chi connectivity index (χ3v) is 3.87. The van der Waals surface area contributed by atoms with Crippen LogP contribution in [-0.2, 0) is 0 Å². The SMILES string of the molecule is COc1cc(Sc2ccc(C)cc2)c(OC)cc1[N+]#N.[Cl-]. The molecule has 0 unspecified atom stereocenters. The maximum atomic E-state index is 8.96. The van der Waals surface area contributed by atoms with E-state index in [1.807, 2.05) is 0 Å². The number of diazo groups is 1. The molecule has 0 heterocycles. The Hall–Kier alpha value is -1.90. The first-order valence-electron chi connectivity index (χ1n) is 6.03. The number of benzene rings is 2. The molecule has 0 saturated heterocycles. The minimum absolute atomic E-state index is 0. The van der Waals surface area contributed by atoms with Gasteiger partial charge < -0.3 is 21.9 Å². The summed E-state index contributed by atoms with van der Waals surface area (Å²) < 4.78 is 10.5. The van der Waals surface area contributed by atoms with Crippen LogP contribution in [-0.4, -0.2) is 14.2 Å². The summed E-state index contributed by atoms with van der Waals surface area (Å²) in [6, 6.07) is 11.7. The Morgan fingerprint density at radius 2 is 1.62 bits per heavy atom. The highest BCUT2D eigenvalue weighted by molar-refractivity contribution is 7.99. The first kappa shape index (κ1) is 17.2. The van der Waals surface area contributed by atoms with Gasteiger partial charge in [-0.2, -0.15) is 0 Å². The molecule has 21 heavy (non-hydrogen) atoms. The zero-order chi connectivity index (χ0) is 14.5. The van der Waals surface area contributed by atoms with E-state index in [4.69, 9.17) is 14.9 Å². The van der Waals surface area contributed by atoms with Crippen molar-refractivity contribution in [3.05, 3.63) is 46.9 Å². The van der Waals surface area contributed by atoms with Gasteiger partial charge in [-0.3, -0.25) is 0 Å². The lowest BCUT2D eigenvalue weighted by molar-refractivity contribution is -0.00000492. The molecule has 6 heteroatoms. The second kappa shape index (κ2) is 7.77. The van der Waals surface area contributed by atoms with Crippen LogP contribution in [0.3, 0.4) is 0 Å². The van der Waals surface area contributed by atoms with E-state index in [0.717, 1.165) is 9.79 Å². The molecule has 0 bridgehead atoms. The van der Waals surface area contributed by atoms with Gasteiger partial charge in [-0.15, -0.1) is 0 Å². The fourth-order valence-corrected chi connectivity index (χ4v) is 2.68. The van der Waals surface area contributed by atoms with Crippen LogP contribution in [0.2, 0.25) is 0 Å². The summed E-state index contributed by atoms with van der Waals surface area (Å²) in [6.45, 7) is 2.05. The van der Waals surface area contributed by atoms with Crippen LogP contribution in [0.15, 0.2) is 46.2 Å². The maximum Gasteiger partial charge on any atom is 0.430 e. The molecule has 4 nitrogen and oxygen atoms in total. The van der Waals surface area contributed by atoms with Crippen LogP contribution in [0.5, 0.6) is 11.5 Å². The average Bonchev–Trinajstić information content (AvgIpc) is 2.49. The summed E-state index contributed by atoms with van der Waals surface area (Å²) in [6.07, 6.45) is 0. The molecule has 0 atom stereocenters. The summed E-state index contributed by atoms with van der Waals surface area (Å²) >= 11 is 1.57. The summed E-state index contributed by atoms with van der Waals surface area (Å²) in [5.74, 6) is 1.15. The van der Waals surface area contributed by atoms with Gasteiger partial charge in [0.15, 0.2) is 4.98 Å². The molecule has 2 rings (SSSR count). The smallest absolute Gasteiger partial charge is 0.430 e. The molecule has 0 aliphatic carbocycles. The normalized spacial score (nSPS) is 9.43. The number of ether oxygens (including phenoxy) is 2. The van der Waals surface area contributed by atoms with Gasteiger partial charge in [0, 0.05) is 11.0 Å². The standard InChI is InChI=1S/C15H15N2O2S.ClH/c1-10-4-6-11(7-5-10)20-15-9-13(18-2)12(17-16)8-14(15)19-3;/h4-9H,1-3H3;1H/q+1;/p-1. The molecule has 0 spiro atoms. The molecule has 0 N–H and O–H groups in total. The van der Waals surface area contributed by atoms with Crippen molar-refractivity contribution in [3.8, 4) is 11.5 Å². The first-order valence-corrected chi connectivity index (χ1v) is 6.85. The third-order valence-electron chi connectivity index (χ3n) is 2.82. The van der Waals surface area contributed by atoms with Crippen molar-refractivity contribution in [1.82, 2.24) is 0 Å². The molecule has 0 fully saturated rings. The largest absolute Gasteiger partial charge is 1.00 e. The average molecular weight is 323 g/mol. The lowest BCUT2D eigenvalue weighted by atomic mass is 10.2. The van der Waals surface area contributed by atoms with Gasteiger partial charge in [-0.25, -0.2) is 0 Å². The molecule has 2 aromatic carbocycles. The molecule has 0 saturated carbocycles. The van der Waals surface area contributed by atoms with Gasteiger partial charge in [0.1, 0.15) is 5.75 Å². The van der Waals surface area contributed by atoms with Crippen LogP contribution in [0.1, 0.15) is 5.56 Å². The van der Waals surface area contributed by atoms with E-state index in [0.29, 0.717) is 17.2 Å². The number of hydrogen-bond donors (Lipinski definition) is 0. The Morgan fingerprint density at radius 3 is 2.14 bits per heavy atom. The summed E-state index contributed by atoms with van der Waals surface area (Å²) in [4.78, 5) is 5.20. The number of hydrogen-bond acceptors (Lipinski definition) is 4. The van der Waals surface area contributed by atoms with Crippen molar-refractivity contribution in [2.24, 2.45) is 0 Å². The van der Waals surface area contributed by atoms with E-state index in [1.165, 1.54) is 12.7 Å². The second-order valence-electron chi connectivity index (χ2n) is 4.19. The van der Waals surface area contributed by atoms with Crippen LogP contribution < -0.4 is 21.9 Å². The van der Waals surface area contributed by atoms with Crippen molar-refractivity contribution < 1.29 is 21.9 Å². The summed E-state index contributed by atoms with van der Waals surface area (Å²) in [5.41, 5.74) is 1.56. The van der Waals surface area contributed by atoms with Crippen LogP contribution in [0.4, 0.5) is 5.69 Å². The molecule has 0 radical (unpaired) electrons. The molecule has 2 aromatic rings. The van der Waals surface area contributed by atoms with Crippen molar-refractivity contribution in [3.63, 3.8) is 0 Å². The zero-order valence-corrected chi connectivity index (χ0v) is 13.5. The number of aryl methyl sites for hydroxylation is 1. The molecule has 0 amide bonds. The Balaban J connectivity index is 0.00000220. The van der Waals surface area contributed by atoms with E-state index >= 15 is 0 Å². The Morgan fingerprint density at radius 1 is 1.00 bits per heavy atom. The summed E-state index contributed by atoms with van der Waals surface area (Å²) in [7, 11) is 3.12. The van der Waals surface area contributed by atoms with Crippen molar-refractivity contribution >= 4 is 17.4 Å². The highest BCUT2D eigenvalue weighted by atomic mass is 35.5. The van der Waals surface area contributed by atoms with Crippen molar-refractivity contribution in [2.45, 2.75) is 16.7 Å². The third kappa shape index (κ3) is 4.03. The van der Waals surface area contributed by atoms with E-state index in [9.17, 15) is 0 Å². The number of rotatable bonds is 4.